The van der Waals surface area contributed by atoms with Crippen LogP contribution >= 0.6 is 0 Å². The molecule has 1 aromatic heterocycles. The fourth-order valence-corrected chi connectivity index (χ4v) is 2.52. The number of benzene rings is 1. The molecule has 0 radical (unpaired) electrons. The first kappa shape index (κ1) is 10.5. The van der Waals surface area contributed by atoms with Gasteiger partial charge in [0.25, 0.3) is 0 Å². The lowest BCUT2D eigenvalue weighted by molar-refractivity contribution is 0.0911. The van der Waals surface area contributed by atoms with Crippen molar-refractivity contribution in [2.75, 3.05) is 0 Å². The van der Waals surface area contributed by atoms with Gasteiger partial charge in [0, 0.05) is 6.20 Å². The highest BCUT2D eigenvalue weighted by molar-refractivity contribution is 5.32. The first-order chi connectivity index (χ1) is 8.25. The maximum atomic E-state index is 10.4. The Labute approximate surface area is 99.9 Å². The summed E-state index contributed by atoms with van der Waals surface area (Å²) in [6, 6.07) is 8.07. The lowest BCUT2D eigenvalue weighted by atomic mass is 9.86. The van der Waals surface area contributed by atoms with Gasteiger partial charge in [0.05, 0.1) is 11.7 Å². The number of nitrogens with zero attached hydrogens (tertiary/aromatic N) is 3. The Hall–Kier alpha value is -1.68. The quantitative estimate of drug-likeness (QED) is 0.811. The van der Waals surface area contributed by atoms with E-state index in [0.29, 0.717) is 0 Å². The highest BCUT2D eigenvalue weighted by atomic mass is 16.3. The van der Waals surface area contributed by atoms with E-state index in [9.17, 15) is 5.11 Å². The van der Waals surface area contributed by atoms with Crippen molar-refractivity contribution in [3.63, 3.8) is 0 Å². The number of fused-ring (bicyclic) bond motifs is 1. The van der Waals surface area contributed by atoms with Crippen LogP contribution in [0.2, 0.25) is 0 Å². The molecule has 88 valence electrons. The van der Waals surface area contributed by atoms with Gasteiger partial charge in [0.2, 0.25) is 0 Å². The van der Waals surface area contributed by atoms with Crippen molar-refractivity contribution >= 4 is 0 Å². The van der Waals surface area contributed by atoms with Crippen molar-refractivity contribution in [1.29, 1.82) is 0 Å². The van der Waals surface area contributed by atoms with Crippen LogP contribution in [0.15, 0.2) is 30.5 Å². The van der Waals surface area contributed by atoms with E-state index in [1.807, 2.05) is 31.3 Å². The molecule has 0 unspecified atom stereocenters. The van der Waals surface area contributed by atoms with Crippen molar-refractivity contribution in [3.05, 3.63) is 47.3 Å². The second kappa shape index (κ2) is 3.96. The fourth-order valence-electron chi connectivity index (χ4n) is 2.52. The lowest BCUT2D eigenvalue weighted by Crippen LogP contribution is -2.24. The number of aliphatic hydroxyl groups excluding tert-OH is 1. The van der Waals surface area contributed by atoms with Crippen LogP contribution in [0.25, 0.3) is 0 Å². The SMILES string of the molecule is Cc1cn([C@@H]2CCc3ccccc3[C@@H]2O)nn1. The zero-order chi connectivity index (χ0) is 11.8. The maximum absolute atomic E-state index is 10.4. The second-order valence-corrected chi connectivity index (χ2v) is 4.59. The van der Waals surface area contributed by atoms with Crippen LogP contribution in [0.4, 0.5) is 0 Å². The minimum atomic E-state index is -0.485. The summed E-state index contributed by atoms with van der Waals surface area (Å²) in [4.78, 5) is 0. The number of aromatic nitrogens is 3. The van der Waals surface area contributed by atoms with Gasteiger partial charge in [-0.05, 0) is 30.9 Å². The number of aliphatic hydroxyl groups is 1. The van der Waals surface area contributed by atoms with E-state index >= 15 is 0 Å². The molecule has 1 aliphatic carbocycles. The molecule has 0 bridgehead atoms. The van der Waals surface area contributed by atoms with Crippen molar-refractivity contribution in [3.8, 4) is 0 Å². The molecule has 0 saturated heterocycles. The second-order valence-electron chi connectivity index (χ2n) is 4.59. The molecular weight excluding hydrogens is 214 g/mol. The highest BCUT2D eigenvalue weighted by Gasteiger charge is 2.29. The summed E-state index contributed by atoms with van der Waals surface area (Å²) in [5.74, 6) is 0. The van der Waals surface area contributed by atoms with Crippen molar-refractivity contribution in [2.24, 2.45) is 0 Å². The molecule has 0 aliphatic heterocycles. The molecule has 1 aromatic carbocycles. The summed E-state index contributed by atoms with van der Waals surface area (Å²) < 4.78 is 1.79. The fraction of sp³-hybridized carbons (Fsp3) is 0.385. The van der Waals surface area contributed by atoms with E-state index in [1.54, 1.807) is 4.68 Å². The van der Waals surface area contributed by atoms with Crippen LogP contribution in [0.5, 0.6) is 0 Å². The third-order valence-corrected chi connectivity index (χ3v) is 3.41. The summed E-state index contributed by atoms with van der Waals surface area (Å²) in [7, 11) is 0. The highest BCUT2D eigenvalue weighted by Crippen LogP contribution is 2.36. The molecule has 4 heteroatoms. The van der Waals surface area contributed by atoms with E-state index in [1.165, 1.54) is 5.56 Å². The molecule has 2 aromatic rings. The van der Waals surface area contributed by atoms with Gasteiger partial charge in [0.15, 0.2) is 0 Å². The van der Waals surface area contributed by atoms with Crippen LogP contribution in [0.1, 0.15) is 35.4 Å². The molecule has 0 fully saturated rings. The molecule has 1 aliphatic rings. The molecule has 1 N–H and O–H groups in total. The molecule has 0 saturated carbocycles. The van der Waals surface area contributed by atoms with E-state index in [0.717, 1.165) is 24.1 Å². The standard InChI is InChI=1S/C13H15N3O/c1-9-8-16(15-14-9)12-7-6-10-4-2-3-5-11(10)13(12)17/h2-5,8,12-13,17H,6-7H2,1H3/t12-,13+/m1/s1. The first-order valence-corrected chi connectivity index (χ1v) is 5.90. The minimum Gasteiger partial charge on any atom is -0.386 e. The lowest BCUT2D eigenvalue weighted by Gasteiger charge is -2.29. The van der Waals surface area contributed by atoms with E-state index < -0.39 is 6.10 Å². The molecule has 0 spiro atoms. The van der Waals surface area contributed by atoms with Crippen LogP contribution in [0.3, 0.4) is 0 Å². The van der Waals surface area contributed by atoms with Crippen molar-refractivity contribution in [1.82, 2.24) is 15.0 Å². The zero-order valence-corrected chi connectivity index (χ0v) is 9.74. The Balaban J connectivity index is 1.96. The molecular formula is C13H15N3O. The van der Waals surface area contributed by atoms with Gasteiger partial charge in [-0.3, -0.25) is 0 Å². The molecule has 17 heavy (non-hydrogen) atoms. The number of aryl methyl sites for hydroxylation is 2. The molecule has 1 heterocycles. The normalized spacial score (nSPS) is 23.4. The molecule has 3 rings (SSSR count). The van der Waals surface area contributed by atoms with Gasteiger partial charge in [-0.2, -0.15) is 0 Å². The van der Waals surface area contributed by atoms with Gasteiger partial charge in [-0.25, -0.2) is 4.68 Å². The summed E-state index contributed by atoms with van der Waals surface area (Å²) in [5, 5.41) is 18.4. The molecule has 4 nitrogen and oxygen atoms in total. The Kier molecular flexibility index (Phi) is 2.44. The van der Waals surface area contributed by atoms with Crippen LogP contribution in [-0.2, 0) is 6.42 Å². The van der Waals surface area contributed by atoms with E-state index in [4.69, 9.17) is 0 Å². The van der Waals surface area contributed by atoms with E-state index in [2.05, 4.69) is 16.4 Å². The smallest absolute Gasteiger partial charge is 0.102 e. The Morgan fingerprint density at radius 3 is 2.94 bits per heavy atom. The van der Waals surface area contributed by atoms with Crippen LogP contribution < -0.4 is 0 Å². The first-order valence-electron chi connectivity index (χ1n) is 5.90. The summed E-state index contributed by atoms with van der Waals surface area (Å²) in [6.07, 6.45) is 3.29. The molecule has 0 amide bonds. The summed E-state index contributed by atoms with van der Waals surface area (Å²) in [5.41, 5.74) is 3.15. The predicted molar refractivity (Wildman–Crippen MR) is 63.5 cm³/mol. The average molecular weight is 229 g/mol. The molecule has 2 atom stereocenters. The number of hydrogen-bond acceptors (Lipinski definition) is 3. The minimum absolute atomic E-state index is 0.00565. The zero-order valence-electron chi connectivity index (χ0n) is 9.74. The Bertz CT molecular complexity index is 535. The third kappa shape index (κ3) is 1.74. The van der Waals surface area contributed by atoms with Gasteiger partial charge in [-0.1, -0.05) is 29.5 Å². The average Bonchev–Trinajstić information content (AvgIpc) is 2.77. The monoisotopic (exact) mass is 229 g/mol. The Morgan fingerprint density at radius 1 is 1.35 bits per heavy atom. The van der Waals surface area contributed by atoms with Crippen molar-refractivity contribution < 1.29 is 5.11 Å². The van der Waals surface area contributed by atoms with Gasteiger partial charge >= 0.3 is 0 Å². The Morgan fingerprint density at radius 2 is 2.18 bits per heavy atom. The van der Waals surface area contributed by atoms with Gasteiger partial charge in [-0.15, -0.1) is 5.10 Å². The summed E-state index contributed by atoms with van der Waals surface area (Å²) >= 11 is 0. The summed E-state index contributed by atoms with van der Waals surface area (Å²) in [6.45, 7) is 1.91. The third-order valence-electron chi connectivity index (χ3n) is 3.41. The van der Waals surface area contributed by atoms with Crippen LogP contribution in [0, 0.1) is 6.92 Å². The largest absolute Gasteiger partial charge is 0.386 e. The number of rotatable bonds is 1. The predicted octanol–water partition coefficient (Wildman–Crippen LogP) is 1.81. The topological polar surface area (TPSA) is 50.9 Å². The maximum Gasteiger partial charge on any atom is 0.102 e. The van der Waals surface area contributed by atoms with Gasteiger partial charge in [0.1, 0.15) is 6.10 Å². The van der Waals surface area contributed by atoms with Gasteiger partial charge < -0.3 is 5.11 Å². The number of hydrogen-bond donors (Lipinski definition) is 1. The van der Waals surface area contributed by atoms with Crippen molar-refractivity contribution in [2.45, 2.75) is 31.9 Å². The van der Waals surface area contributed by atoms with Crippen LogP contribution in [-0.4, -0.2) is 20.1 Å². The van der Waals surface area contributed by atoms with E-state index in [-0.39, 0.29) is 6.04 Å².